The Bertz CT molecular complexity index is 684. The van der Waals surface area contributed by atoms with Gasteiger partial charge in [-0.15, -0.1) is 0 Å². The van der Waals surface area contributed by atoms with Crippen LogP contribution in [0.2, 0.25) is 0 Å². The molecular formula is C19H27N5O. The smallest absolute Gasteiger partial charge is 0.224 e. The standard InChI is InChI=1S/C19H27N5O/c1-15-13-21-22-19(15)17-8-4-6-11-24(17)18(25)9-12-23(2)14-16-7-3-5-10-20-16/h3,5,7,10,13,17H,4,6,8-9,11-12,14H2,1-2H3,(H,21,22)/t17-/m1/s1. The maximum atomic E-state index is 12.8. The van der Waals surface area contributed by atoms with E-state index >= 15 is 0 Å². The molecule has 1 fully saturated rings. The molecule has 0 saturated carbocycles. The molecule has 0 aromatic carbocycles. The van der Waals surface area contributed by atoms with Gasteiger partial charge in [0.2, 0.25) is 5.91 Å². The molecule has 1 N–H and O–H groups in total. The van der Waals surface area contributed by atoms with Crippen LogP contribution >= 0.6 is 0 Å². The number of aromatic amines is 1. The van der Waals surface area contributed by atoms with Crippen LogP contribution in [0.4, 0.5) is 0 Å². The SMILES string of the molecule is Cc1cn[nH]c1[C@H]1CCCCN1C(=O)CCN(C)Cc1ccccn1. The van der Waals surface area contributed by atoms with E-state index in [1.54, 1.807) is 6.20 Å². The summed E-state index contributed by atoms with van der Waals surface area (Å²) in [6.07, 6.45) is 7.43. The van der Waals surface area contributed by atoms with Crippen molar-refractivity contribution in [1.82, 2.24) is 25.0 Å². The number of nitrogens with one attached hydrogen (secondary N) is 1. The molecule has 134 valence electrons. The van der Waals surface area contributed by atoms with Crippen LogP contribution in [0.1, 0.15) is 48.7 Å². The number of amides is 1. The number of H-pyrrole nitrogens is 1. The number of nitrogens with zero attached hydrogens (tertiary/aromatic N) is 4. The summed E-state index contributed by atoms with van der Waals surface area (Å²) < 4.78 is 0. The van der Waals surface area contributed by atoms with Crippen LogP contribution in [0, 0.1) is 6.92 Å². The molecule has 1 aliphatic rings. The average molecular weight is 341 g/mol. The molecule has 0 spiro atoms. The fourth-order valence-electron chi connectivity index (χ4n) is 3.50. The number of aryl methyl sites for hydroxylation is 1. The van der Waals surface area contributed by atoms with Crippen molar-refractivity contribution < 1.29 is 4.79 Å². The zero-order valence-electron chi connectivity index (χ0n) is 15.1. The van der Waals surface area contributed by atoms with Gasteiger partial charge in [-0.2, -0.15) is 5.10 Å². The molecule has 3 rings (SSSR count). The Morgan fingerprint density at radius 3 is 3.00 bits per heavy atom. The normalized spacial score (nSPS) is 17.9. The zero-order chi connectivity index (χ0) is 17.6. The number of carbonyl (C=O) groups excluding carboxylic acids is 1. The highest BCUT2D eigenvalue weighted by molar-refractivity contribution is 5.77. The Morgan fingerprint density at radius 2 is 2.28 bits per heavy atom. The Labute approximate surface area is 149 Å². The van der Waals surface area contributed by atoms with Crippen molar-refractivity contribution in [2.24, 2.45) is 0 Å². The lowest BCUT2D eigenvalue weighted by Crippen LogP contribution is -2.40. The minimum absolute atomic E-state index is 0.143. The third kappa shape index (κ3) is 4.45. The minimum atomic E-state index is 0.143. The van der Waals surface area contributed by atoms with Crippen molar-refractivity contribution >= 4 is 5.91 Å². The molecular weight excluding hydrogens is 314 g/mol. The van der Waals surface area contributed by atoms with E-state index in [9.17, 15) is 4.79 Å². The molecule has 1 saturated heterocycles. The lowest BCUT2D eigenvalue weighted by Gasteiger charge is -2.36. The second-order valence-corrected chi connectivity index (χ2v) is 6.87. The number of piperidine rings is 1. The zero-order valence-corrected chi connectivity index (χ0v) is 15.1. The van der Waals surface area contributed by atoms with E-state index < -0.39 is 0 Å². The molecule has 2 aromatic rings. The Kier molecular flexibility index (Phi) is 5.81. The molecule has 3 heterocycles. The summed E-state index contributed by atoms with van der Waals surface area (Å²) in [5.74, 6) is 0.228. The molecule has 0 unspecified atom stereocenters. The third-order valence-electron chi connectivity index (χ3n) is 4.89. The van der Waals surface area contributed by atoms with Crippen molar-refractivity contribution in [1.29, 1.82) is 0 Å². The summed E-state index contributed by atoms with van der Waals surface area (Å²) in [6, 6.07) is 6.07. The number of aromatic nitrogens is 3. The van der Waals surface area contributed by atoms with Gasteiger partial charge in [0.15, 0.2) is 0 Å². The van der Waals surface area contributed by atoms with E-state index in [0.29, 0.717) is 6.42 Å². The maximum Gasteiger partial charge on any atom is 0.224 e. The lowest BCUT2D eigenvalue weighted by atomic mass is 9.97. The number of likely N-dealkylation sites (tertiary alicyclic amines) is 1. The first-order valence-corrected chi connectivity index (χ1v) is 9.03. The number of pyridine rings is 1. The van der Waals surface area contributed by atoms with Crippen LogP contribution in [0.25, 0.3) is 0 Å². The van der Waals surface area contributed by atoms with Gasteiger partial charge in [0, 0.05) is 32.3 Å². The van der Waals surface area contributed by atoms with Gasteiger partial charge in [0.25, 0.3) is 0 Å². The molecule has 6 heteroatoms. The molecule has 1 atom stereocenters. The van der Waals surface area contributed by atoms with Crippen molar-refractivity contribution in [3.63, 3.8) is 0 Å². The van der Waals surface area contributed by atoms with Crippen LogP contribution in [-0.4, -0.2) is 51.0 Å². The molecule has 6 nitrogen and oxygen atoms in total. The number of carbonyl (C=O) groups is 1. The largest absolute Gasteiger partial charge is 0.334 e. The Hall–Kier alpha value is -2.21. The number of hydrogen-bond acceptors (Lipinski definition) is 4. The third-order valence-corrected chi connectivity index (χ3v) is 4.89. The second-order valence-electron chi connectivity index (χ2n) is 6.87. The van der Waals surface area contributed by atoms with E-state index in [1.807, 2.05) is 36.3 Å². The average Bonchev–Trinajstić information content (AvgIpc) is 3.06. The fourth-order valence-corrected chi connectivity index (χ4v) is 3.50. The van der Waals surface area contributed by atoms with Gasteiger partial charge in [0.05, 0.1) is 23.6 Å². The van der Waals surface area contributed by atoms with Gasteiger partial charge in [-0.1, -0.05) is 6.07 Å². The fraction of sp³-hybridized carbons (Fsp3) is 0.526. The van der Waals surface area contributed by atoms with Crippen LogP contribution < -0.4 is 0 Å². The summed E-state index contributed by atoms with van der Waals surface area (Å²) in [6.45, 7) is 4.39. The lowest BCUT2D eigenvalue weighted by molar-refractivity contribution is -0.135. The Morgan fingerprint density at radius 1 is 1.40 bits per heavy atom. The first-order chi connectivity index (χ1) is 12.1. The van der Waals surface area contributed by atoms with E-state index in [-0.39, 0.29) is 11.9 Å². The quantitative estimate of drug-likeness (QED) is 0.877. The first-order valence-electron chi connectivity index (χ1n) is 9.03. The van der Waals surface area contributed by atoms with Crippen molar-refractivity contribution in [2.45, 2.75) is 45.2 Å². The van der Waals surface area contributed by atoms with Gasteiger partial charge >= 0.3 is 0 Å². The van der Waals surface area contributed by atoms with Crippen LogP contribution in [-0.2, 0) is 11.3 Å². The molecule has 1 aliphatic heterocycles. The topological polar surface area (TPSA) is 65.1 Å². The van der Waals surface area contributed by atoms with Gasteiger partial charge in [-0.05, 0) is 50.9 Å². The Balaban J connectivity index is 1.56. The van der Waals surface area contributed by atoms with Crippen molar-refractivity contribution in [3.8, 4) is 0 Å². The maximum absolute atomic E-state index is 12.8. The van der Waals surface area contributed by atoms with E-state index in [0.717, 1.165) is 55.8 Å². The van der Waals surface area contributed by atoms with Gasteiger partial charge < -0.3 is 9.80 Å². The summed E-state index contributed by atoms with van der Waals surface area (Å²) in [4.78, 5) is 21.4. The van der Waals surface area contributed by atoms with E-state index in [2.05, 4.69) is 27.0 Å². The monoisotopic (exact) mass is 341 g/mol. The van der Waals surface area contributed by atoms with Gasteiger partial charge in [-0.3, -0.25) is 14.9 Å². The summed E-state index contributed by atoms with van der Waals surface area (Å²) in [7, 11) is 2.04. The second kappa shape index (κ2) is 8.25. The highest BCUT2D eigenvalue weighted by Crippen LogP contribution is 2.31. The van der Waals surface area contributed by atoms with E-state index in [4.69, 9.17) is 0 Å². The van der Waals surface area contributed by atoms with Crippen molar-refractivity contribution in [2.75, 3.05) is 20.1 Å². The van der Waals surface area contributed by atoms with Crippen molar-refractivity contribution in [3.05, 3.63) is 47.5 Å². The molecule has 25 heavy (non-hydrogen) atoms. The predicted molar refractivity (Wildman–Crippen MR) is 96.8 cm³/mol. The first kappa shape index (κ1) is 17.6. The summed E-state index contributed by atoms with van der Waals surface area (Å²) in [5, 5.41) is 7.23. The minimum Gasteiger partial charge on any atom is -0.334 e. The van der Waals surface area contributed by atoms with Crippen LogP contribution in [0.3, 0.4) is 0 Å². The van der Waals surface area contributed by atoms with Gasteiger partial charge in [0.1, 0.15) is 0 Å². The predicted octanol–water partition coefficient (Wildman–Crippen LogP) is 2.69. The summed E-state index contributed by atoms with van der Waals surface area (Å²) in [5.41, 5.74) is 3.26. The molecule has 0 bridgehead atoms. The van der Waals surface area contributed by atoms with Crippen LogP contribution in [0.15, 0.2) is 30.6 Å². The van der Waals surface area contributed by atoms with Crippen LogP contribution in [0.5, 0.6) is 0 Å². The highest BCUT2D eigenvalue weighted by atomic mass is 16.2. The van der Waals surface area contributed by atoms with E-state index in [1.165, 1.54) is 0 Å². The summed E-state index contributed by atoms with van der Waals surface area (Å²) >= 11 is 0. The molecule has 1 amide bonds. The number of rotatable bonds is 6. The molecule has 2 aromatic heterocycles. The highest BCUT2D eigenvalue weighted by Gasteiger charge is 2.29. The molecule has 0 aliphatic carbocycles. The van der Waals surface area contributed by atoms with Gasteiger partial charge in [-0.25, -0.2) is 0 Å². The number of hydrogen-bond donors (Lipinski definition) is 1. The molecule has 0 radical (unpaired) electrons.